The predicted molar refractivity (Wildman–Crippen MR) is 152 cm³/mol. The van der Waals surface area contributed by atoms with E-state index in [1.807, 2.05) is 43.3 Å². The Morgan fingerprint density at radius 2 is 1.62 bits per heavy atom. The lowest BCUT2D eigenvalue weighted by atomic mass is 9.71. The number of methoxy groups -OCH3 is 3. The molecule has 3 aromatic carbocycles. The number of carbonyl (C=O) groups excluding carboxylic acids is 2. The SMILES string of the molecule is COc1ccccc1NC(=O)C1=C(C)NC2=C(C(=O)C[C@H](c3ccc(OC)c(OC)c3)C2)[C@H]1c1cccc(O)c1. The Bertz CT molecular complexity index is 1540. The lowest BCUT2D eigenvalue weighted by molar-refractivity contribution is -0.116. The second-order valence-corrected chi connectivity index (χ2v) is 9.88. The number of phenols is 1. The summed E-state index contributed by atoms with van der Waals surface area (Å²) in [6.07, 6.45) is 0.844. The Hall–Kier alpha value is -4.72. The monoisotopic (exact) mass is 540 g/mol. The van der Waals surface area contributed by atoms with Crippen molar-refractivity contribution in [3.8, 4) is 23.0 Å². The van der Waals surface area contributed by atoms with Crippen LogP contribution in [0.4, 0.5) is 5.69 Å². The maximum atomic E-state index is 13.9. The molecular weight excluding hydrogens is 508 g/mol. The molecule has 206 valence electrons. The molecule has 3 aromatic rings. The van der Waals surface area contributed by atoms with E-state index in [0.717, 1.165) is 11.3 Å². The second kappa shape index (κ2) is 11.2. The van der Waals surface area contributed by atoms with Crippen LogP contribution in [-0.2, 0) is 9.59 Å². The van der Waals surface area contributed by atoms with E-state index < -0.39 is 5.92 Å². The van der Waals surface area contributed by atoms with E-state index in [9.17, 15) is 14.7 Å². The normalized spacial score (nSPS) is 18.6. The minimum atomic E-state index is -0.656. The molecule has 1 aliphatic heterocycles. The molecule has 0 spiro atoms. The van der Waals surface area contributed by atoms with Gasteiger partial charge in [0.15, 0.2) is 17.3 Å². The highest BCUT2D eigenvalue weighted by Crippen LogP contribution is 2.47. The number of anilines is 1. The van der Waals surface area contributed by atoms with E-state index in [1.165, 1.54) is 0 Å². The van der Waals surface area contributed by atoms with Gasteiger partial charge in [-0.05, 0) is 66.8 Å². The number of amides is 1. The van der Waals surface area contributed by atoms with E-state index in [4.69, 9.17) is 14.2 Å². The van der Waals surface area contributed by atoms with Crippen molar-refractivity contribution in [1.82, 2.24) is 5.32 Å². The van der Waals surface area contributed by atoms with Crippen LogP contribution in [0.5, 0.6) is 23.0 Å². The highest BCUT2D eigenvalue weighted by molar-refractivity contribution is 6.10. The number of allylic oxidation sites excluding steroid dienone is 3. The van der Waals surface area contributed by atoms with Gasteiger partial charge in [0, 0.05) is 34.9 Å². The number of aromatic hydroxyl groups is 1. The van der Waals surface area contributed by atoms with Gasteiger partial charge in [-0.3, -0.25) is 9.59 Å². The average Bonchev–Trinajstić information content (AvgIpc) is 2.96. The molecule has 1 heterocycles. The van der Waals surface area contributed by atoms with Crippen LogP contribution in [0.25, 0.3) is 0 Å². The van der Waals surface area contributed by atoms with Crippen molar-refractivity contribution in [2.24, 2.45) is 0 Å². The van der Waals surface area contributed by atoms with Gasteiger partial charge >= 0.3 is 0 Å². The maximum Gasteiger partial charge on any atom is 0.254 e. The molecule has 3 N–H and O–H groups in total. The summed E-state index contributed by atoms with van der Waals surface area (Å²) in [6.45, 7) is 1.83. The summed E-state index contributed by atoms with van der Waals surface area (Å²) in [5.41, 5.74) is 4.52. The summed E-state index contributed by atoms with van der Waals surface area (Å²) in [7, 11) is 4.71. The summed E-state index contributed by atoms with van der Waals surface area (Å²) in [4.78, 5) is 27.7. The smallest absolute Gasteiger partial charge is 0.254 e. The van der Waals surface area contributed by atoms with Crippen molar-refractivity contribution in [2.45, 2.75) is 31.6 Å². The largest absolute Gasteiger partial charge is 0.508 e. The Morgan fingerprint density at radius 3 is 2.35 bits per heavy atom. The van der Waals surface area contributed by atoms with Gasteiger partial charge in [0.25, 0.3) is 5.91 Å². The van der Waals surface area contributed by atoms with Crippen molar-refractivity contribution in [3.63, 3.8) is 0 Å². The van der Waals surface area contributed by atoms with E-state index in [2.05, 4.69) is 10.6 Å². The number of carbonyl (C=O) groups is 2. The Labute approximate surface area is 233 Å². The van der Waals surface area contributed by atoms with Crippen LogP contribution < -0.4 is 24.8 Å². The molecule has 1 aliphatic carbocycles. The summed E-state index contributed by atoms with van der Waals surface area (Å²) in [5, 5.41) is 16.7. The van der Waals surface area contributed by atoms with Crippen molar-refractivity contribution in [1.29, 1.82) is 0 Å². The molecule has 0 saturated heterocycles. The molecule has 0 aromatic heterocycles. The first-order valence-electron chi connectivity index (χ1n) is 13.0. The van der Waals surface area contributed by atoms with E-state index in [1.54, 1.807) is 51.7 Å². The van der Waals surface area contributed by atoms with Gasteiger partial charge in [-0.25, -0.2) is 0 Å². The van der Waals surface area contributed by atoms with Crippen LogP contribution in [0.1, 0.15) is 42.7 Å². The number of hydrogen-bond acceptors (Lipinski definition) is 7. The number of hydrogen-bond donors (Lipinski definition) is 3. The lowest BCUT2D eigenvalue weighted by Gasteiger charge is -2.37. The second-order valence-electron chi connectivity index (χ2n) is 9.88. The number of dihydropyridines is 1. The highest BCUT2D eigenvalue weighted by atomic mass is 16.5. The molecule has 0 bridgehead atoms. The van der Waals surface area contributed by atoms with Crippen molar-refractivity contribution < 1.29 is 28.9 Å². The molecule has 0 radical (unpaired) electrons. The number of rotatable bonds is 7. The van der Waals surface area contributed by atoms with Gasteiger partial charge in [0.1, 0.15) is 11.5 Å². The van der Waals surface area contributed by atoms with Crippen LogP contribution in [0, 0.1) is 0 Å². The Kier molecular flexibility index (Phi) is 7.51. The quantitative estimate of drug-likeness (QED) is 0.368. The molecule has 5 rings (SSSR count). The molecule has 1 amide bonds. The fraction of sp³-hybridized carbons (Fsp3) is 0.250. The number of para-hydroxylation sites is 2. The van der Waals surface area contributed by atoms with Crippen molar-refractivity contribution in [3.05, 3.63) is 100 Å². The van der Waals surface area contributed by atoms with E-state index in [-0.39, 0.29) is 29.8 Å². The van der Waals surface area contributed by atoms with Crippen molar-refractivity contribution in [2.75, 3.05) is 26.6 Å². The van der Waals surface area contributed by atoms with Gasteiger partial charge in [-0.1, -0.05) is 30.3 Å². The number of benzene rings is 3. The van der Waals surface area contributed by atoms with Gasteiger partial charge < -0.3 is 30.0 Å². The molecule has 2 atom stereocenters. The Balaban J connectivity index is 1.55. The zero-order chi connectivity index (χ0) is 28.4. The number of Topliss-reactive ketones (excluding diaryl/α,β-unsaturated/α-hetero) is 1. The predicted octanol–water partition coefficient (Wildman–Crippen LogP) is 5.42. The first kappa shape index (κ1) is 26.9. The van der Waals surface area contributed by atoms with Crippen LogP contribution in [-0.4, -0.2) is 38.1 Å². The molecule has 8 heteroatoms. The number of nitrogens with one attached hydrogen (secondary N) is 2. The molecular formula is C32H32N2O6. The fourth-order valence-corrected chi connectivity index (χ4v) is 5.66. The molecule has 8 nitrogen and oxygen atoms in total. The van der Waals surface area contributed by atoms with E-state index in [0.29, 0.717) is 51.8 Å². The third kappa shape index (κ3) is 5.00. The third-order valence-corrected chi connectivity index (χ3v) is 7.51. The molecule has 2 aliphatic rings. The van der Waals surface area contributed by atoms with Crippen LogP contribution >= 0.6 is 0 Å². The first-order chi connectivity index (χ1) is 19.3. The fourth-order valence-electron chi connectivity index (χ4n) is 5.66. The Morgan fingerprint density at radius 1 is 0.875 bits per heavy atom. The van der Waals surface area contributed by atoms with Gasteiger partial charge in [-0.2, -0.15) is 0 Å². The first-order valence-corrected chi connectivity index (χ1v) is 13.0. The zero-order valence-electron chi connectivity index (χ0n) is 22.9. The highest BCUT2D eigenvalue weighted by Gasteiger charge is 2.41. The van der Waals surface area contributed by atoms with Crippen LogP contribution in [0.3, 0.4) is 0 Å². The molecule has 0 saturated carbocycles. The minimum absolute atomic E-state index is 0.0584. The summed E-state index contributed by atoms with van der Waals surface area (Å²) < 4.78 is 16.3. The average molecular weight is 541 g/mol. The summed E-state index contributed by atoms with van der Waals surface area (Å²) >= 11 is 0. The van der Waals surface area contributed by atoms with Gasteiger partial charge in [0.2, 0.25) is 0 Å². The minimum Gasteiger partial charge on any atom is -0.508 e. The molecule has 40 heavy (non-hydrogen) atoms. The van der Waals surface area contributed by atoms with Gasteiger partial charge in [0.05, 0.1) is 27.0 Å². The number of ketones is 1. The van der Waals surface area contributed by atoms with Crippen LogP contribution in [0.2, 0.25) is 0 Å². The molecule has 0 fully saturated rings. The zero-order valence-corrected chi connectivity index (χ0v) is 22.9. The topological polar surface area (TPSA) is 106 Å². The standard InChI is InChI=1S/C32H32N2O6/c1-18-29(32(37)34-23-10-5-6-11-26(23)38-2)30(20-8-7-9-22(35)14-20)31-24(33-18)15-21(16-25(31)36)19-12-13-27(39-3)28(17-19)40-4/h5-14,17,21,30,33,35H,15-16H2,1-4H3,(H,34,37)/t21-,30+/m1/s1. The maximum absolute atomic E-state index is 13.9. The van der Waals surface area contributed by atoms with E-state index >= 15 is 0 Å². The number of ether oxygens (including phenoxy) is 3. The number of phenolic OH excluding ortho intramolecular Hbond substituents is 1. The molecule has 0 unspecified atom stereocenters. The van der Waals surface area contributed by atoms with Gasteiger partial charge in [-0.15, -0.1) is 0 Å². The summed E-state index contributed by atoms with van der Waals surface area (Å²) in [6, 6.07) is 19.6. The lowest BCUT2D eigenvalue weighted by Crippen LogP contribution is -2.37. The third-order valence-electron chi connectivity index (χ3n) is 7.51. The summed E-state index contributed by atoms with van der Waals surface area (Å²) in [5.74, 6) is 0.661. The van der Waals surface area contributed by atoms with Crippen LogP contribution in [0.15, 0.2) is 89.3 Å². The van der Waals surface area contributed by atoms with Crippen molar-refractivity contribution >= 4 is 17.4 Å².